The van der Waals surface area contributed by atoms with Gasteiger partial charge in [-0.15, -0.1) is 0 Å². The fourth-order valence-corrected chi connectivity index (χ4v) is 0.656. The molecular formula is C6H13N3O3. The van der Waals surface area contributed by atoms with E-state index < -0.39 is 12.1 Å². The van der Waals surface area contributed by atoms with E-state index >= 15 is 0 Å². The van der Waals surface area contributed by atoms with Crippen molar-refractivity contribution in [3.63, 3.8) is 0 Å². The molecule has 0 spiro atoms. The van der Waals surface area contributed by atoms with Gasteiger partial charge in [0.1, 0.15) is 0 Å². The highest BCUT2D eigenvalue weighted by atomic mass is 16.5. The molecule has 0 aliphatic carbocycles. The molecule has 4 N–H and O–H groups in total. The minimum absolute atomic E-state index is 0.0390. The highest BCUT2D eigenvalue weighted by molar-refractivity contribution is 5.88. The van der Waals surface area contributed by atoms with Crippen molar-refractivity contribution in [1.82, 2.24) is 5.32 Å². The lowest BCUT2D eigenvalue weighted by Crippen LogP contribution is -2.44. The van der Waals surface area contributed by atoms with Gasteiger partial charge in [-0.1, -0.05) is 12.1 Å². The Bertz CT molecular complexity index is 181. The molecular weight excluding hydrogens is 162 g/mol. The van der Waals surface area contributed by atoms with Gasteiger partial charge in [-0.05, 0) is 6.42 Å². The van der Waals surface area contributed by atoms with Crippen molar-refractivity contribution in [1.29, 1.82) is 0 Å². The van der Waals surface area contributed by atoms with E-state index in [1.54, 1.807) is 6.92 Å². The molecule has 0 fully saturated rings. The molecule has 1 amide bonds. The maximum Gasteiger partial charge on any atom is 0.407 e. The van der Waals surface area contributed by atoms with Gasteiger partial charge in [-0.2, -0.15) is 0 Å². The summed E-state index contributed by atoms with van der Waals surface area (Å²) in [6.07, 6.45) is -0.0706. The Kier molecular flexibility index (Phi) is 4.59. The van der Waals surface area contributed by atoms with Crippen LogP contribution in [0.15, 0.2) is 5.16 Å². The van der Waals surface area contributed by atoms with Gasteiger partial charge >= 0.3 is 6.09 Å². The number of nitrogens with zero attached hydrogens (tertiary/aromatic N) is 1. The first-order chi connectivity index (χ1) is 5.65. The summed E-state index contributed by atoms with van der Waals surface area (Å²) in [6, 6.07) is -0.484. The number of carbonyl (C=O) groups excluding carboxylic acids is 1. The maximum atomic E-state index is 10.7. The van der Waals surface area contributed by atoms with E-state index in [0.29, 0.717) is 6.42 Å². The van der Waals surface area contributed by atoms with Crippen LogP contribution in [0.1, 0.15) is 13.3 Å². The largest absolute Gasteiger partial charge is 0.453 e. The molecule has 0 rings (SSSR count). The number of amidine groups is 1. The van der Waals surface area contributed by atoms with Gasteiger partial charge in [0.25, 0.3) is 0 Å². The second-order valence-corrected chi connectivity index (χ2v) is 2.12. The van der Waals surface area contributed by atoms with E-state index in [2.05, 4.69) is 15.2 Å². The number of hydrogen-bond donors (Lipinski definition) is 3. The summed E-state index contributed by atoms with van der Waals surface area (Å²) in [7, 11) is 1.24. The number of nitrogens with two attached hydrogens (primary N) is 1. The van der Waals surface area contributed by atoms with Gasteiger partial charge in [-0.3, -0.25) is 0 Å². The number of ether oxygens (including phenoxy) is 1. The number of carbonyl (C=O) groups is 1. The third kappa shape index (κ3) is 3.09. The van der Waals surface area contributed by atoms with Crippen LogP contribution in [0.5, 0.6) is 0 Å². The Morgan fingerprint density at radius 3 is 2.75 bits per heavy atom. The average Bonchev–Trinajstić information content (AvgIpc) is 2.12. The van der Waals surface area contributed by atoms with E-state index in [-0.39, 0.29) is 5.84 Å². The number of methoxy groups -OCH3 is 1. The van der Waals surface area contributed by atoms with Crippen LogP contribution in [-0.2, 0) is 4.74 Å². The number of oxime groups is 1. The van der Waals surface area contributed by atoms with Crippen molar-refractivity contribution in [2.45, 2.75) is 19.4 Å². The lowest BCUT2D eigenvalue weighted by Gasteiger charge is -2.13. The second kappa shape index (κ2) is 5.22. The van der Waals surface area contributed by atoms with Crippen LogP contribution in [0.4, 0.5) is 4.79 Å². The molecule has 0 saturated carbocycles. The zero-order chi connectivity index (χ0) is 9.56. The molecule has 1 unspecified atom stereocenters. The van der Waals surface area contributed by atoms with Crippen LogP contribution in [0.25, 0.3) is 0 Å². The quantitative estimate of drug-likeness (QED) is 0.241. The molecule has 1 atom stereocenters. The van der Waals surface area contributed by atoms with Gasteiger partial charge in [0.05, 0.1) is 13.2 Å². The molecule has 12 heavy (non-hydrogen) atoms. The fourth-order valence-electron chi connectivity index (χ4n) is 0.656. The van der Waals surface area contributed by atoms with Crippen molar-refractivity contribution >= 4 is 11.9 Å². The van der Waals surface area contributed by atoms with Gasteiger partial charge < -0.3 is 21.0 Å². The van der Waals surface area contributed by atoms with E-state index in [1.165, 1.54) is 7.11 Å². The first-order valence-electron chi connectivity index (χ1n) is 3.47. The summed E-state index contributed by atoms with van der Waals surface area (Å²) in [6.45, 7) is 1.79. The molecule has 0 bridgehead atoms. The summed E-state index contributed by atoms with van der Waals surface area (Å²) in [5.41, 5.74) is 5.26. The summed E-state index contributed by atoms with van der Waals surface area (Å²) in [4.78, 5) is 10.7. The third-order valence-corrected chi connectivity index (χ3v) is 1.36. The van der Waals surface area contributed by atoms with Gasteiger partial charge in [-0.25, -0.2) is 4.79 Å². The molecule has 70 valence electrons. The smallest absolute Gasteiger partial charge is 0.407 e. The maximum absolute atomic E-state index is 10.7. The zero-order valence-electron chi connectivity index (χ0n) is 7.07. The lowest BCUT2D eigenvalue weighted by atomic mass is 10.2. The number of nitrogens with one attached hydrogen (secondary N) is 1. The van der Waals surface area contributed by atoms with E-state index in [4.69, 9.17) is 10.9 Å². The first kappa shape index (κ1) is 10.5. The normalized spacial score (nSPS) is 13.7. The van der Waals surface area contributed by atoms with Crippen molar-refractivity contribution in [3.8, 4) is 0 Å². The van der Waals surface area contributed by atoms with Crippen LogP contribution in [0.3, 0.4) is 0 Å². The molecule has 0 aliphatic heterocycles. The molecule has 0 aliphatic rings. The van der Waals surface area contributed by atoms with Crippen molar-refractivity contribution in [2.24, 2.45) is 10.9 Å². The van der Waals surface area contributed by atoms with Crippen LogP contribution in [0, 0.1) is 0 Å². The first-order valence-corrected chi connectivity index (χ1v) is 3.47. The molecule has 0 aromatic carbocycles. The van der Waals surface area contributed by atoms with Crippen LogP contribution >= 0.6 is 0 Å². The number of alkyl carbamates (subject to hydrolysis) is 1. The topological polar surface area (TPSA) is 96.9 Å². The number of rotatable bonds is 3. The minimum Gasteiger partial charge on any atom is -0.453 e. The van der Waals surface area contributed by atoms with Gasteiger partial charge in [0.15, 0.2) is 5.84 Å². The third-order valence-electron chi connectivity index (χ3n) is 1.36. The zero-order valence-corrected chi connectivity index (χ0v) is 7.07. The molecule has 0 aromatic heterocycles. The van der Waals surface area contributed by atoms with Crippen molar-refractivity contribution < 1.29 is 14.7 Å². The predicted molar refractivity (Wildman–Crippen MR) is 43.0 cm³/mol. The summed E-state index contributed by atoms with van der Waals surface area (Å²) < 4.78 is 4.33. The SMILES string of the molecule is CCC(NC(=O)OC)/C(N)=N/O. The molecule has 0 saturated heterocycles. The molecule has 6 nitrogen and oxygen atoms in total. The summed E-state index contributed by atoms with van der Waals surface area (Å²) in [5, 5.41) is 13.5. The Labute approximate surface area is 70.4 Å². The number of hydrogen-bond acceptors (Lipinski definition) is 4. The molecule has 0 heterocycles. The van der Waals surface area contributed by atoms with E-state index in [0.717, 1.165) is 0 Å². The Hall–Kier alpha value is -1.46. The summed E-state index contributed by atoms with van der Waals surface area (Å²) in [5.74, 6) is -0.0390. The Balaban J connectivity index is 4.09. The molecule has 6 heteroatoms. The van der Waals surface area contributed by atoms with Crippen LogP contribution in [0.2, 0.25) is 0 Å². The van der Waals surface area contributed by atoms with Crippen LogP contribution < -0.4 is 11.1 Å². The highest BCUT2D eigenvalue weighted by Crippen LogP contribution is 1.91. The van der Waals surface area contributed by atoms with E-state index in [1.807, 2.05) is 0 Å². The fraction of sp³-hybridized carbons (Fsp3) is 0.667. The van der Waals surface area contributed by atoms with Crippen molar-refractivity contribution in [3.05, 3.63) is 0 Å². The second-order valence-electron chi connectivity index (χ2n) is 2.12. The lowest BCUT2D eigenvalue weighted by molar-refractivity contribution is 0.169. The average molecular weight is 175 g/mol. The van der Waals surface area contributed by atoms with Crippen LogP contribution in [-0.4, -0.2) is 30.3 Å². The molecule has 0 radical (unpaired) electrons. The summed E-state index contributed by atoms with van der Waals surface area (Å²) >= 11 is 0. The predicted octanol–water partition coefficient (Wildman–Crippen LogP) is -0.133. The van der Waals surface area contributed by atoms with E-state index in [9.17, 15) is 4.79 Å². The van der Waals surface area contributed by atoms with Gasteiger partial charge in [0, 0.05) is 0 Å². The van der Waals surface area contributed by atoms with Gasteiger partial charge in [0.2, 0.25) is 0 Å². The Morgan fingerprint density at radius 1 is 1.83 bits per heavy atom. The van der Waals surface area contributed by atoms with Crippen molar-refractivity contribution in [2.75, 3.05) is 7.11 Å². The Morgan fingerprint density at radius 2 is 2.42 bits per heavy atom. The minimum atomic E-state index is -0.603. The standard InChI is InChI=1S/C6H13N3O3/c1-3-4(5(7)9-11)8-6(10)12-2/h4,11H,3H2,1-2H3,(H2,7,9)(H,8,10). The number of amides is 1. The highest BCUT2D eigenvalue weighted by Gasteiger charge is 2.14. The molecule has 0 aromatic rings. The monoisotopic (exact) mass is 175 g/mol.